The van der Waals surface area contributed by atoms with E-state index in [9.17, 15) is 24.0 Å². The Morgan fingerprint density at radius 1 is 0.800 bits per heavy atom. The van der Waals surface area contributed by atoms with E-state index in [-0.39, 0.29) is 6.42 Å². The first-order valence-corrected chi connectivity index (χ1v) is 12.6. The highest BCUT2D eigenvalue weighted by Crippen LogP contribution is 2.06. The number of methoxy groups -OCH3 is 2. The average Bonchev–Trinajstić information content (AvgIpc) is 2.79. The van der Waals surface area contributed by atoms with Gasteiger partial charge in [-0.25, -0.2) is 19.2 Å². The summed E-state index contributed by atoms with van der Waals surface area (Å²) in [5, 5.41) is 8.05. The smallest absolute Gasteiger partial charge is 0.469 e. The molecule has 0 radical (unpaired) electrons. The molecule has 0 aliphatic heterocycles. The van der Waals surface area contributed by atoms with Gasteiger partial charge in [-0.3, -0.25) is 13.7 Å². The summed E-state index contributed by atoms with van der Waals surface area (Å²) in [7, 11) is 1.13. The lowest BCUT2D eigenvalue weighted by Gasteiger charge is -2.19. The lowest BCUT2D eigenvalue weighted by atomic mass is 10.2. The molecule has 0 aliphatic rings. The van der Waals surface area contributed by atoms with E-state index in [0.717, 1.165) is 0 Å². The molecule has 15 nitrogen and oxygen atoms in total. The number of allylic oxidation sites excluding steroid dienone is 1. The van der Waals surface area contributed by atoms with Crippen molar-refractivity contribution in [1.82, 2.24) is 16.0 Å². The zero-order valence-electron chi connectivity index (χ0n) is 24.9. The molecule has 0 saturated heterocycles. The van der Waals surface area contributed by atoms with Crippen molar-refractivity contribution in [2.24, 2.45) is 5.73 Å². The average molecular weight is 594 g/mol. The number of nitrogens with two attached hydrogens (primary N) is 1. The maximum absolute atomic E-state index is 11.3. The number of amides is 2. The highest BCUT2D eigenvalue weighted by atomic mass is 28.2. The summed E-state index contributed by atoms with van der Waals surface area (Å²) >= 11 is 0. The van der Waals surface area contributed by atoms with Crippen molar-refractivity contribution in [1.29, 1.82) is 0 Å². The quantitative estimate of drug-likeness (QED) is 0.0558. The van der Waals surface area contributed by atoms with E-state index in [1.807, 2.05) is 20.8 Å². The largest absolute Gasteiger partial charge is 0.549 e. The molecule has 0 unspecified atom stereocenters. The Kier molecular flexibility index (Phi) is 27.8. The second-order valence-corrected chi connectivity index (χ2v) is 9.46. The van der Waals surface area contributed by atoms with Gasteiger partial charge in [0.2, 0.25) is 0 Å². The molecule has 0 fully saturated rings. The van der Waals surface area contributed by atoms with Crippen LogP contribution in [-0.4, -0.2) is 90.8 Å². The van der Waals surface area contributed by atoms with Gasteiger partial charge in [0, 0.05) is 38.0 Å². The fraction of sp³-hybridized carbons (Fsp3) is 0.667. The van der Waals surface area contributed by atoms with Crippen LogP contribution < -0.4 is 21.7 Å². The van der Waals surface area contributed by atoms with Crippen LogP contribution in [0.1, 0.15) is 54.9 Å². The zero-order chi connectivity index (χ0) is 32.4. The van der Waals surface area contributed by atoms with Crippen LogP contribution in [0.2, 0.25) is 0 Å². The topological polar surface area (TPSA) is 219 Å². The van der Waals surface area contributed by atoms with Gasteiger partial charge < -0.3 is 40.6 Å². The van der Waals surface area contributed by atoms with Crippen molar-refractivity contribution in [2.45, 2.75) is 66.1 Å². The number of carbonyl (C=O) groups excluding carboxylic acids is 5. The van der Waals surface area contributed by atoms with Crippen LogP contribution in [0.3, 0.4) is 0 Å². The van der Waals surface area contributed by atoms with Gasteiger partial charge >= 0.3 is 39.2 Å². The van der Waals surface area contributed by atoms with Crippen molar-refractivity contribution in [3.05, 3.63) is 18.7 Å². The number of esters is 2. The molecule has 5 N–H and O–H groups in total. The zero-order valence-corrected chi connectivity index (χ0v) is 25.9. The van der Waals surface area contributed by atoms with Gasteiger partial charge in [0.25, 0.3) is 0 Å². The molecule has 40 heavy (non-hydrogen) atoms. The Bertz CT molecular complexity index is 830. The summed E-state index contributed by atoms with van der Waals surface area (Å²) in [6.45, 7) is 17.4. The maximum Gasteiger partial charge on any atom is 0.549 e. The number of rotatable bonds is 9. The van der Waals surface area contributed by atoms with Gasteiger partial charge in [0.05, 0.1) is 14.2 Å². The highest BCUT2D eigenvalue weighted by molar-refractivity contribution is 5.97. The highest BCUT2D eigenvalue weighted by Gasteiger charge is 2.16. The van der Waals surface area contributed by atoms with Gasteiger partial charge in [0.1, 0.15) is 24.5 Å². The molecule has 230 valence electrons. The van der Waals surface area contributed by atoms with Crippen molar-refractivity contribution >= 4 is 39.2 Å². The van der Waals surface area contributed by atoms with Gasteiger partial charge in [-0.15, -0.1) is 0 Å². The van der Waals surface area contributed by atoms with E-state index >= 15 is 0 Å². The second-order valence-electron chi connectivity index (χ2n) is 9.30. The van der Waals surface area contributed by atoms with Crippen LogP contribution >= 0.6 is 0 Å². The minimum atomic E-state index is -1.42. The molecular formula is C24H45N4O11Si+. The van der Waals surface area contributed by atoms with E-state index in [2.05, 4.69) is 32.3 Å². The Labute approximate surface area is 238 Å². The van der Waals surface area contributed by atoms with Crippen molar-refractivity contribution in [3.8, 4) is 0 Å². The number of carbonyl (C=O) groups is 5. The number of alkyl carbamates (subject to hydrolysis) is 2. The van der Waals surface area contributed by atoms with E-state index in [4.69, 9.17) is 24.1 Å². The number of hydrogen-bond acceptors (Lipinski definition) is 13. The van der Waals surface area contributed by atoms with Crippen molar-refractivity contribution < 1.29 is 51.8 Å². The lowest BCUT2D eigenvalue weighted by molar-refractivity contribution is -0.142. The van der Waals surface area contributed by atoms with Crippen LogP contribution in [0, 0.1) is 6.92 Å². The molecular weight excluding hydrogens is 548 g/mol. The van der Waals surface area contributed by atoms with Crippen molar-refractivity contribution in [2.75, 3.05) is 40.4 Å². The molecule has 0 spiro atoms. The summed E-state index contributed by atoms with van der Waals surface area (Å²) < 4.78 is 35.4. The molecule has 0 atom stereocenters. The maximum atomic E-state index is 11.3. The number of Topliss-reactive ketones (excluding diaryl/α,β-unsaturated/α-hetero) is 1. The SMILES string of the molecule is CC(C)(C)OC(=O)NCCN.COC(=O)/C=C(/C)NCCNC(=O)OC(C)(C)C.O=[Si]=O.[CH2+]C(=O)CC(=O)OC. The van der Waals surface area contributed by atoms with Gasteiger partial charge in [0.15, 0.2) is 0 Å². The molecule has 16 heteroatoms. The molecule has 0 saturated carbocycles. The molecule has 0 aromatic rings. The fourth-order valence-corrected chi connectivity index (χ4v) is 1.75. The van der Waals surface area contributed by atoms with E-state index in [0.29, 0.717) is 31.9 Å². The summed E-state index contributed by atoms with van der Waals surface area (Å²) in [6, 6.07) is 0. The summed E-state index contributed by atoms with van der Waals surface area (Å²) in [4.78, 5) is 53.1. The number of nitrogens with one attached hydrogen (secondary N) is 3. The minimum Gasteiger partial charge on any atom is -0.469 e. The van der Waals surface area contributed by atoms with Crippen LogP contribution in [-0.2, 0) is 42.3 Å². The molecule has 0 aromatic carbocycles. The van der Waals surface area contributed by atoms with Gasteiger partial charge in [-0.2, -0.15) is 0 Å². The van der Waals surface area contributed by atoms with Crippen LogP contribution in [0.4, 0.5) is 9.59 Å². The van der Waals surface area contributed by atoms with E-state index < -0.39 is 50.4 Å². The predicted molar refractivity (Wildman–Crippen MR) is 145 cm³/mol. The van der Waals surface area contributed by atoms with Gasteiger partial charge in [-0.05, 0) is 48.5 Å². The molecule has 2 amide bonds. The molecule has 0 aromatic heterocycles. The third-order valence-corrected chi connectivity index (χ3v) is 3.11. The normalized spacial score (nSPS) is 10.1. The van der Waals surface area contributed by atoms with E-state index in [1.165, 1.54) is 20.3 Å². The summed E-state index contributed by atoms with van der Waals surface area (Å²) in [5.74, 6) is -1.37. The molecule has 0 aliphatic carbocycles. The summed E-state index contributed by atoms with van der Waals surface area (Å²) in [6.07, 6.45) is 0.242. The number of ether oxygens (including phenoxy) is 4. The Balaban J connectivity index is -0.000000250. The van der Waals surface area contributed by atoms with Crippen LogP contribution in [0.15, 0.2) is 11.8 Å². The first-order valence-electron chi connectivity index (χ1n) is 11.8. The minimum absolute atomic E-state index is 0.226. The van der Waals surface area contributed by atoms with Crippen LogP contribution in [0.25, 0.3) is 0 Å². The predicted octanol–water partition coefficient (Wildman–Crippen LogP) is 0.982. The summed E-state index contributed by atoms with van der Waals surface area (Å²) in [5.41, 5.74) is 4.91. The first kappa shape index (κ1) is 43.4. The third kappa shape index (κ3) is 44.3. The number of ketones is 1. The van der Waals surface area contributed by atoms with Crippen molar-refractivity contribution in [3.63, 3.8) is 0 Å². The Hall–Kier alpha value is -3.66. The molecule has 0 bridgehead atoms. The molecule has 0 heterocycles. The monoisotopic (exact) mass is 593 g/mol. The fourth-order valence-electron chi connectivity index (χ4n) is 1.75. The van der Waals surface area contributed by atoms with Gasteiger partial charge in [-0.1, -0.05) is 0 Å². The second kappa shape index (κ2) is 25.6. The Morgan fingerprint density at radius 3 is 1.50 bits per heavy atom. The Morgan fingerprint density at radius 2 is 1.20 bits per heavy atom. The lowest BCUT2D eigenvalue weighted by Crippen LogP contribution is -2.36. The molecule has 0 rings (SSSR count). The van der Waals surface area contributed by atoms with Crippen LogP contribution in [0.5, 0.6) is 0 Å². The van der Waals surface area contributed by atoms with E-state index in [1.54, 1.807) is 27.7 Å². The standard InChI is InChI=1S/C12H22N2O4.C7H16N2O2.C5H7O3.O2Si/c1-9(8-10(15)17-5)13-6-7-14-11(16)18-12(2,3)4;1-7(2,3)11-6(10)9-5-4-8;1-4(6)3-5(7)8-2;1-3-2/h8,13H,6-7H2,1-5H3,(H,14,16);4-5,8H2,1-3H3,(H,9,10);1,3H2,2H3;/q;;+1;/b9-8-;;;. The third-order valence-electron chi connectivity index (χ3n) is 3.11. The number of hydrogen-bond donors (Lipinski definition) is 4. The first-order chi connectivity index (χ1) is 18.3.